The molecule has 35 heavy (non-hydrogen) atoms. The fourth-order valence-corrected chi connectivity index (χ4v) is 4.76. The van der Waals surface area contributed by atoms with Crippen molar-refractivity contribution < 1.29 is 19.0 Å². The van der Waals surface area contributed by atoms with Gasteiger partial charge >= 0.3 is 0 Å². The summed E-state index contributed by atoms with van der Waals surface area (Å²) in [6, 6.07) is 17.6. The topological polar surface area (TPSA) is 77.6 Å². The van der Waals surface area contributed by atoms with Gasteiger partial charge in [0.05, 0.1) is 19.8 Å². The normalized spacial score (nSPS) is 11.5. The number of aryl methyl sites for hydroxylation is 2. The minimum atomic E-state index is -0.911. The van der Waals surface area contributed by atoms with Crippen LogP contribution < -0.4 is 9.47 Å². The Balaban J connectivity index is 1.73. The molecule has 0 atom stereocenters. The molecular weight excluding hydrogens is 460 g/mol. The number of ether oxygens (including phenoxy) is 2. The quantitative estimate of drug-likeness (QED) is 0.221. The van der Waals surface area contributed by atoms with Crippen LogP contribution in [0.15, 0.2) is 64.2 Å². The molecular formula is C28H30N2O4S. The van der Waals surface area contributed by atoms with Gasteiger partial charge in [-0.05, 0) is 63.6 Å². The third-order valence-electron chi connectivity index (χ3n) is 5.65. The Kier molecular flexibility index (Phi) is 7.19. The van der Waals surface area contributed by atoms with Gasteiger partial charge in [0, 0.05) is 33.8 Å². The summed E-state index contributed by atoms with van der Waals surface area (Å²) in [6.07, 6.45) is 0. The van der Waals surface area contributed by atoms with Crippen LogP contribution in [0.5, 0.6) is 11.5 Å². The van der Waals surface area contributed by atoms with Crippen molar-refractivity contribution in [3.05, 3.63) is 77.1 Å². The molecule has 0 saturated heterocycles. The molecule has 0 spiro atoms. The summed E-state index contributed by atoms with van der Waals surface area (Å²) in [5, 5.41) is 11.1. The van der Waals surface area contributed by atoms with Crippen molar-refractivity contribution in [3.63, 3.8) is 0 Å². The molecule has 4 aromatic rings. The van der Waals surface area contributed by atoms with E-state index in [0.717, 1.165) is 50.3 Å². The Hall–Kier alpha value is -3.29. The first-order valence-corrected chi connectivity index (χ1v) is 12.3. The third-order valence-corrected chi connectivity index (χ3v) is 6.55. The van der Waals surface area contributed by atoms with E-state index in [1.807, 2.05) is 62.4 Å². The lowest BCUT2D eigenvalue weighted by atomic mass is 9.96. The standard InChI is InChI=1S/C28H30N2O4S/c1-17-13-18(2)30-27(29-17)35-16-21-15-24(20-9-12-23(32-5)25(14-20)33-6)34-26(21)19-7-10-22(11-8-19)28(3,4)31/h7-15,31H,16H2,1-6H3. The molecule has 2 heterocycles. The Bertz CT molecular complexity index is 1300. The highest BCUT2D eigenvalue weighted by atomic mass is 32.2. The predicted octanol–water partition coefficient (Wildman–Crippen LogP) is 6.56. The predicted molar refractivity (Wildman–Crippen MR) is 139 cm³/mol. The van der Waals surface area contributed by atoms with Crippen LogP contribution in [-0.4, -0.2) is 29.3 Å². The van der Waals surface area contributed by atoms with Gasteiger partial charge in [-0.25, -0.2) is 9.97 Å². The zero-order valence-corrected chi connectivity index (χ0v) is 21.7. The first-order valence-electron chi connectivity index (χ1n) is 11.3. The van der Waals surface area contributed by atoms with E-state index >= 15 is 0 Å². The molecule has 0 fully saturated rings. The lowest BCUT2D eigenvalue weighted by Crippen LogP contribution is -2.14. The fourth-order valence-electron chi connectivity index (χ4n) is 3.84. The second-order valence-electron chi connectivity index (χ2n) is 8.89. The molecule has 0 aliphatic heterocycles. The van der Waals surface area contributed by atoms with E-state index in [0.29, 0.717) is 17.3 Å². The number of rotatable bonds is 8. The SMILES string of the molecule is COc1ccc(-c2cc(CSc3nc(C)cc(C)n3)c(-c3ccc(C(C)(C)O)cc3)o2)cc1OC. The molecule has 6 nitrogen and oxygen atoms in total. The number of furan rings is 1. The van der Waals surface area contributed by atoms with Crippen molar-refractivity contribution in [2.75, 3.05) is 14.2 Å². The third kappa shape index (κ3) is 5.69. The van der Waals surface area contributed by atoms with Gasteiger partial charge in [0.15, 0.2) is 16.7 Å². The van der Waals surface area contributed by atoms with Crippen LogP contribution in [0.3, 0.4) is 0 Å². The molecule has 0 unspecified atom stereocenters. The molecule has 2 aromatic carbocycles. The number of hydrogen-bond acceptors (Lipinski definition) is 7. The van der Waals surface area contributed by atoms with Gasteiger partial charge in [0.1, 0.15) is 11.5 Å². The zero-order valence-electron chi connectivity index (χ0n) is 20.9. The average Bonchev–Trinajstić information content (AvgIpc) is 3.25. The van der Waals surface area contributed by atoms with Crippen LogP contribution >= 0.6 is 11.8 Å². The van der Waals surface area contributed by atoms with Gasteiger partial charge in [0.2, 0.25) is 0 Å². The Labute approximate surface area is 210 Å². The summed E-state index contributed by atoms with van der Waals surface area (Å²) in [7, 11) is 3.23. The van der Waals surface area contributed by atoms with Gasteiger partial charge in [-0.3, -0.25) is 0 Å². The number of thioether (sulfide) groups is 1. The number of aromatic nitrogens is 2. The molecule has 0 saturated carbocycles. The van der Waals surface area contributed by atoms with Crippen LogP contribution in [0.1, 0.15) is 36.4 Å². The maximum atomic E-state index is 10.3. The highest BCUT2D eigenvalue weighted by molar-refractivity contribution is 7.98. The highest BCUT2D eigenvalue weighted by Crippen LogP contribution is 2.39. The Morgan fingerprint density at radius 3 is 2.09 bits per heavy atom. The molecule has 4 rings (SSSR count). The van der Waals surface area contributed by atoms with Gasteiger partial charge in [-0.2, -0.15) is 0 Å². The molecule has 2 aromatic heterocycles. The van der Waals surface area contributed by atoms with Crippen LogP contribution in [0.4, 0.5) is 0 Å². The first-order chi connectivity index (χ1) is 16.7. The molecule has 182 valence electrons. The van der Waals surface area contributed by atoms with Crippen LogP contribution in [-0.2, 0) is 11.4 Å². The molecule has 0 amide bonds. The van der Waals surface area contributed by atoms with Crippen LogP contribution in [0, 0.1) is 13.8 Å². The minimum Gasteiger partial charge on any atom is -0.493 e. The van der Waals surface area contributed by atoms with E-state index < -0.39 is 5.60 Å². The van der Waals surface area contributed by atoms with Crippen molar-refractivity contribution >= 4 is 11.8 Å². The van der Waals surface area contributed by atoms with E-state index in [1.54, 1.807) is 39.8 Å². The number of benzene rings is 2. The summed E-state index contributed by atoms with van der Waals surface area (Å²) in [5.41, 5.74) is 4.66. The largest absolute Gasteiger partial charge is 0.493 e. The van der Waals surface area contributed by atoms with E-state index in [4.69, 9.17) is 13.9 Å². The van der Waals surface area contributed by atoms with Gasteiger partial charge in [-0.1, -0.05) is 36.0 Å². The first kappa shape index (κ1) is 24.8. The van der Waals surface area contributed by atoms with Crippen LogP contribution in [0.25, 0.3) is 22.6 Å². The summed E-state index contributed by atoms with van der Waals surface area (Å²) < 4.78 is 17.3. The monoisotopic (exact) mass is 490 g/mol. The Morgan fingerprint density at radius 1 is 0.857 bits per heavy atom. The lowest BCUT2D eigenvalue weighted by molar-refractivity contribution is 0.0786. The lowest BCUT2D eigenvalue weighted by Gasteiger charge is -2.17. The smallest absolute Gasteiger partial charge is 0.188 e. The maximum Gasteiger partial charge on any atom is 0.188 e. The second-order valence-corrected chi connectivity index (χ2v) is 9.84. The van der Waals surface area contributed by atoms with E-state index in [9.17, 15) is 5.11 Å². The van der Waals surface area contributed by atoms with Gasteiger partial charge in [0.25, 0.3) is 0 Å². The van der Waals surface area contributed by atoms with Crippen molar-refractivity contribution in [2.24, 2.45) is 0 Å². The number of methoxy groups -OCH3 is 2. The molecule has 0 radical (unpaired) electrons. The number of aliphatic hydroxyl groups is 1. The maximum absolute atomic E-state index is 10.3. The summed E-state index contributed by atoms with van der Waals surface area (Å²) in [5.74, 6) is 3.44. The summed E-state index contributed by atoms with van der Waals surface area (Å²) in [6.45, 7) is 7.49. The highest BCUT2D eigenvalue weighted by Gasteiger charge is 2.19. The second kappa shape index (κ2) is 10.1. The van der Waals surface area contributed by atoms with E-state index in [2.05, 4.69) is 16.0 Å². The molecule has 1 N–H and O–H groups in total. The van der Waals surface area contributed by atoms with Crippen LogP contribution in [0.2, 0.25) is 0 Å². The summed E-state index contributed by atoms with van der Waals surface area (Å²) >= 11 is 1.57. The number of hydrogen-bond donors (Lipinski definition) is 1. The van der Waals surface area contributed by atoms with Crippen molar-refractivity contribution in [1.29, 1.82) is 0 Å². The van der Waals surface area contributed by atoms with Crippen molar-refractivity contribution in [1.82, 2.24) is 9.97 Å². The van der Waals surface area contributed by atoms with E-state index in [1.165, 1.54) is 0 Å². The van der Waals surface area contributed by atoms with Crippen molar-refractivity contribution in [2.45, 2.75) is 44.2 Å². The molecule has 0 aliphatic rings. The molecule has 0 bridgehead atoms. The minimum absolute atomic E-state index is 0.636. The average molecular weight is 491 g/mol. The van der Waals surface area contributed by atoms with Gasteiger partial charge < -0.3 is 19.0 Å². The zero-order chi connectivity index (χ0) is 25.2. The van der Waals surface area contributed by atoms with E-state index in [-0.39, 0.29) is 0 Å². The Morgan fingerprint density at radius 2 is 1.49 bits per heavy atom. The fraction of sp³-hybridized carbons (Fsp3) is 0.286. The molecule has 0 aliphatic carbocycles. The summed E-state index contributed by atoms with van der Waals surface area (Å²) in [4.78, 5) is 9.12. The van der Waals surface area contributed by atoms with Crippen molar-refractivity contribution in [3.8, 4) is 34.1 Å². The molecule has 7 heteroatoms. The number of nitrogens with zero attached hydrogens (tertiary/aromatic N) is 2. The van der Waals surface area contributed by atoms with Gasteiger partial charge in [-0.15, -0.1) is 0 Å².